The van der Waals surface area contributed by atoms with Gasteiger partial charge in [0.2, 0.25) is 0 Å². The number of likely N-dealkylation sites (tertiary alicyclic amines) is 1. The van der Waals surface area contributed by atoms with Crippen molar-refractivity contribution in [2.75, 3.05) is 19.8 Å². The summed E-state index contributed by atoms with van der Waals surface area (Å²) in [6.45, 7) is 3.76. The lowest BCUT2D eigenvalue weighted by molar-refractivity contribution is -0.156. The standard InChI is InChI=1S/C17H18N4O2S/c1-2-23-10-9-20-15(14-8-5-11-24-14)16(17(20)22)21-13-7-4-3-6-12(13)18-19-21/h3-8,11,15-16H,2,9-10H2,1H3/t15-,16-/m0/s1. The van der Waals surface area contributed by atoms with Crippen molar-refractivity contribution in [2.45, 2.75) is 19.0 Å². The molecule has 6 nitrogen and oxygen atoms in total. The summed E-state index contributed by atoms with van der Waals surface area (Å²) in [6.07, 6.45) is 0. The van der Waals surface area contributed by atoms with Crippen LogP contribution < -0.4 is 0 Å². The predicted octanol–water partition coefficient (Wildman–Crippen LogP) is 2.65. The zero-order chi connectivity index (χ0) is 16.5. The number of carbonyl (C=O) groups is 1. The molecule has 1 aliphatic heterocycles. The van der Waals surface area contributed by atoms with E-state index < -0.39 is 0 Å². The summed E-state index contributed by atoms with van der Waals surface area (Å²) in [7, 11) is 0. The number of rotatable bonds is 6. The van der Waals surface area contributed by atoms with E-state index in [1.165, 1.54) is 0 Å². The van der Waals surface area contributed by atoms with Gasteiger partial charge in [-0.1, -0.05) is 23.4 Å². The van der Waals surface area contributed by atoms with E-state index in [4.69, 9.17) is 4.74 Å². The second-order valence-corrected chi connectivity index (χ2v) is 6.64. The highest BCUT2D eigenvalue weighted by atomic mass is 32.1. The van der Waals surface area contributed by atoms with Gasteiger partial charge in [0.15, 0.2) is 6.04 Å². The molecule has 124 valence electrons. The van der Waals surface area contributed by atoms with Crippen LogP contribution in [0, 0.1) is 0 Å². The number of ether oxygens (including phenoxy) is 1. The molecule has 4 rings (SSSR count). The van der Waals surface area contributed by atoms with E-state index in [9.17, 15) is 4.79 Å². The molecule has 7 heteroatoms. The van der Waals surface area contributed by atoms with Crippen molar-refractivity contribution in [1.82, 2.24) is 19.9 Å². The van der Waals surface area contributed by atoms with Gasteiger partial charge in [-0.15, -0.1) is 16.4 Å². The molecule has 2 atom stereocenters. The van der Waals surface area contributed by atoms with Gasteiger partial charge in [0.05, 0.1) is 18.2 Å². The van der Waals surface area contributed by atoms with Crippen LogP contribution in [0.15, 0.2) is 41.8 Å². The third-order valence-corrected chi connectivity index (χ3v) is 5.27. The SMILES string of the molecule is CCOCCN1C(=O)[C@@H](n2nnc3ccccc32)[C@@H]1c1cccs1. The lowest BCUT2D eigenvalue weighted by Gasteiger charge is -2.46. The third-order valence-electron chi connectivity index (χ3n) is 4.33. The number of para-hydroxylation sites is 1. The number of fused-ring (bicyclic) bond motifs is 1. The quantitative estimate of drug-likeness (QED) is 0.510. The van der Waals surface area contributed by atoms with Crippen molar-refractivity contribution < 1.29 is 9.53 Å². The van der Waals surface area contributed by atoms with E-state index in [2.05, 4.69) is 16.4 Å². The molecule has 0 aliphatic carbocycles. The molecular weight excluding hydrogens is 324 g/mol. The number of hydrogen-bond acceptors (Lipinski definition) is 5. The summed E-state index contributed by atoms with van der Waals surface area (Å²) in [5.41, 5.74) is 1.70. The van der Waals surface area contributed by atoms with Crippen LogP contribution in [0.2, 0.25) is 0 Å². The summed E-state index contributed by atoms with van der Waals surface area (Å²) < 4.78 is 7.19. The molecule has 1 aliphatic rings. The largest absolute Gasteiger partial charge is 0.380 e. The van der Waals surface area contributed by atoms with Gasteiger partial charge in [0, 0.05) is 18.0 Å². The molecule has 0 unspecified atom stereocenters. The first-order valence-corrected chi connectivity index (χ1v) is 8.90. The van der Waals surface area contributed by atoms with Gasteiger partial charge in [-0.3, -0.25) is 4.79 Å². The molecule has 1 saturated heterocycles. The first-order valence-electron chi connectivity index (χ1n) is 8.03. The van der Waals surface area contributed by atoms with Gasteiger partial charge in [-0.2, -0.15) is 0 Å². The van der Waals surface area contributed by atoms with Crippen LogP contribution in [-0.4, -0.2) is 45.6 Å². The summed E-state index contributed by atoms with van der Waals surface area (Å²) in [4.78, 5) is 15.8. The van der Waals surface area contributed by atoms with Crippen LogP contribution in [0.4, 0.5) is 0 Å². The van der Waals surface area contributed by atoms with Gasteiger partial charge < -0.3 is 9.64 Å². The Morgan fingerprint density at radius 3 is 2.88 bits per heavy atom. The van der Waals surface area contributed by atoms with E-state index in [-0.39, 0.29) is 18.0 Å². The highest BCUT2D eigenvalue weighted by Crippen LogP contribution is 2.45. The Morgan fingerprint density at radius 2 is 2.08 bits per heavy atom. The van der Waals surface area contributed by atoms with Gasteiger partial charge >= 0.3 is 0 Å². The number of benzene rings is 1. The zero-order valence-corrected chi connectivity index (χ0v) is 14.1. The number of amides is 1. The van der Waals surface area contributed by atoms with Crippen LogP contribution in [-0.2, 0) is 9.53 Å². The highest BCUT2D eigenvalue weighted by molar-refractivity contribution is 7.10. The second kappa shape index (κ2) is 6.33. The molecule has 0 radical (unpaired) electrons. The van der Waals surface area contributed by atoms with Crippen molar-refractivity contribution in [1.29, 1.82) is 0 Å². The molecule has 2 aromatic heterocycles. The van der Waals surface area contributed by atoms with Gasteiger partial charge in [-0.25, -0.2) is 4.68 Å². The Labute approximate surface area is 143 Å². The van der Waals surface area contributed by atoms with Gasteiger partial charge in [0.25, 0.3) is 5.91 Å². The molecule has 0 spiro atoms. The van der Waals surface area contributed by atoms with Crippen LogP contribution in [0.1, 0.15) is 23.9 Å². The molecule has 0 bridgehead atoms. The molecule has 1 aromatic carbocycles. The molecular formula is C17H18N4O2S. The summed E-state index contributed by atoms with van der Waals surface area (Å²) in [5.74, 6) is 0.0729. The third kappa shape index (κ3) is 2.40. The lowest BCUT2D eigenvalue weighted by atomic mass is 9.93. The van der Waals surface area contributed by atoms with Crippen molar-refractivity contribution in [2.24, 2.45) is 0 Å². The van der Waals surface area contributed by atoms with Crippen molar-refractivity contribution in [3.63, 3.8) is 0 Å². The fraction of sp³-hybridized carbons (Fsp3) is 0.353. The smallest absolute Gasteiger partial charge is 0.250 e. The maximum Gasteiger partial charge on any atom is 0.250 e. The molecule has 3 heterocycles. The number of carbonyl (C=O) groups excluding carboxylic acids is 1. The Hall–Kier alpha value is -2.25. The Kier molecular flexibility index (Phi) is 4.03. The molecule has 0 N–H and O–H groups in total. The average molecular weight is 342 g/mol. The van der Waals surface area contributed by atoms with Crippen molar-refractivity contribution in [3.05, 3.63) is 46.7 Å². The van der Waals surface area contributed by atoms with Crippen LogP contribution in [0.25, 0.3) is 11.0 Å². The number of β-lactam (4-membered cyclic amide) rings is 1. The van der Waals surface area contributed by atoms with Gasteiger partial charge in [-0.05, 0) is 30.5 Å². The monoisotopic (exact) mass is 342 g/mol. The predicted molar refractivity (Wildman–Crippen MR) is 91.8 cm³/mol. The minimum Gasteiger partial charge on any atom is -0.380 e. The Bertz CT molecular complexity index is 845. The minimum absolute atomic E-state index is 0.0111. The number of nitrogens with zero attached hydrogens (tertiary/aromatic N) is 4. The minimum atomic E-state index is -0.335. The molecule has 1 amide bonds. The maximum atomic E-state index is 12.8. The Balaban J connectivity index is 1.68. The zero-order valence-electron chi connectivity index (χ0n) is 13.3. The summed E-state index contributed by atoms with van der Waals surface area (Å²) >= 11 is 1.66. The van der Waals surface area contributed by atoms with Gasteiger partial charge in [0.1, 0.15) is 5.52 Å². The van der Waals surface area contributed by atoms with E-state index in [1.54, 1.807) is 16.0 Å². The highest BCUT2D eigenvalue weighted by Gasteiger charge is 2.50. The second-order valence-electron chi connectivity index (χ2n) is 5.66. The van der Waals surface area contributed by atoms with E-state index in [0.29, 0.717) is 19.8 Å². The normalized spacial score (nSPS) is 20.5. The first-order chi connectivity index (χ1) is 11.8. The van der Waals surface area contributed by atoms with Crippen molar-refractivity contribution in [3.8, 4) is 0 Å². The average Bonchev–Trinajstić information content (AvgIpc) is 3.26. The fourth-order valence-electron chi connectivity index (χ4n) is 3.19. The summed E-state index contributed by atoms with van der Waals surface area (Å²) in [6, 6.07) is 11.5. The van der Waals surface area contributed by atoms with E-state index in [1.807, 2.05) is 47.5 Å². The lowest BCUT2D eigenvalue weighted by Crippen LogP contribution is -2.56. The summed E-state index contributed by atoms with van der Waals surface area (Å²) in [5, 5.41) is 10.5. The molecule has 1 fully saturated rings. The number of aromatic nitrogens is 3. The maximum absolute atomic E-state index is 12.8. The topological polar surface area (TPSA) is 60.2 Å². The molecule has 0 saturated carbocycles. The molecule has 3 aromatic rings. The van der Waals surface area contributed by atoms with Crippen LogP contribution in [0.3, 0.4) is 0 Å². The number of hydrogen-bond donors (Lipinski definition) is 0. The van der Waals surface area contributed by atoms with E-state index in [0.717, 1.165) is 15.9 Å². The van der Waals surface area contributed by atoms with Crippen LogP contribution >= 0.6 is 11.3 Å². The van der Waals surface area contributed by atoms with Crippen molar-refractivity contribution >= 4 is 28.3 Å². The molecule has 24 heavy (non-hydrogen) atoms. The van der Waals surface area contributed by atoms with Crippen LogP contribution in [0.5, 0.6) is 0 Å². The number of thiophene rings is 1. The fourth-order valence-corrected chi connectivity index (χ4v) is 4.05. The van der Waals surface area contributed by atoms with E-state index >= 15 is 0 Å². The first kappa shape index (κ1) is 15.3. The Morgan fingerprint density at radius 1 is 1.21 bits per heavy atom.